The van der Waals surface area contributed by atoms with E-state index in [-0.39, 0.29) is 0 Å². The van der Waals surface area contributed by atoms with Gasteiger partial charge >= 0.3 is 0 Å². The summed E-state index contributed by atoms with van der Waals surface area (Å²) < 4.78 is 1.10. The van der Waals surface area contributed by atoms with Crippen molar-refractivity contribution in [1.29, 1.82) is 0 Å². The molecule has 1 aliphatic carbocycles. The number of fused-ring (bicyclic) bond motifs is 1. The maximum atomic E-state index is 5.99. The summed E-state index contributed by atoms with van der Waals surface area (Å²) in [6.07, 6.45) is 5.71. The van der Waals surface area contributed by atoms with Gasteiger partial charge in [-0.05, 0) is 41.3 Å². The molecule has 0 aromatic heterocycles. The summed E-state index contributed by atoms with van der Waals surface area (Å²) in [7, 11) is 0. The Morgan fingerprint density at radius 1 is 1.38 bits per heavy atom. The second-order valence-electron chi connectivity index (χ2n) is 4.32. The van der Waals surface area contributed by atoms with Crippen LogP contribution in [0.5, 0.6) is 0 Å². The largest absolute Gasteiger partial charge is 0.397 e. The van der Waals surface area contributed by atoms with Gasteiger partial charge in [0.15, 0.2) is 0 Å². The minimum Gasteiger partial charge on any atom is -0.397 e. The molecule has 3 rings (SSSR count). The molecule has 84 valence electrons. The standard InChI is InChI=1S/C12H14BrN3/c13-10-6-2-5-9-11(14)7-15-16(12(9)10)8-3-1-4-8/h2,5-8,15H,1,3-4,14H2. The first-order chi connectivity index (χ1) is 7.77. The summed E-state index contributed by atoms with van der Waals surface area (Å²) in [5.74, 6) is 0. The maximum absolute atomic E-state index is 5.99. The highest BCUT2D eigenvalue weighted by Crippen LogP contribution is 2.38. The molecule has 0 bridgehead atoms. The lowest BCUT2D eigenvalue weighted by Gasteiger charge is -2.42. The van der Waals surface area contributed by atoms with Crippen molar-refractivity contribution in [3.05, 3.63) is 34.4 Å². The minimum atomic E-state index is 0.599. The molecule has 1 aromatic carbocycles. The molecule has 3 N–H and O–H groups in total. The van der Waals surface area contributed by atoms with Crippen molar-refractivity contribution in [2.45, 2.75) is 25.3 Å². The van der Waals surface area contributed by atoms with Gasteiger partial charge in [-0.2, -0.15) is 0 Å². The summed E-state index contributed by atoms with van der Waals surface area (Å²) in [6.45, 7) is 0. The number of nitrogens with zero attached hydrogens (tertiary/aromatic N) is 1. The second-order valence-corrected chi connectivity index (χ2v) is 5.17. The van der Waals surface area contributed by atoms with Crippen molar-refractivity contribution in [3.63, 3.8) is 0 Å². The number of hydrogen-bond donors (Lipinski definition) is 2. The van der Waals surface area contributed by atoms with Crippen LogP contribution in [-0.4, -0.2) is 6.04 Å². The SMILES string of the molecule is NC1=CNN(C2CCC2)c2c(Br)cccc21. The molecule has 1 heterocycles. The number of benzene rings is 1. The van der Waals surface area contributed by atoms with Crippen LogP contribution < -0.4 is 16.2 Å². The van der Waals surface area contributed by atoms with E-state index in [4.69, 9.17) is 5.73 Å². The van der Waals surface area contributed by atoms with Crippen LogP contribution in [0.15, 0.2) is 28.9 Å². The van der Waals surface area contributed by atoms with Gasteiger partial charge in [0.1, 0.15) is 0 Å². The Kier molecular flexibility index (Phi) is 2.32. The highest BCUT2D eigenvalue weighted by molar-refractivity contribution is 9.10. The molecule has 16 heavy (non-hydrogen) atoms. The van der Waals surface area contributed by atoms with E-state index < -0.39 is 0 Å². The third kappa shape index (κ3) is 1.40. The molecule has 3 nitrogen and oxygen atoms in total. The monoisotopic (exact) mass is 279 g/mol. The maximum Gasteiger partial charge on any atom is 0.0810 e. The number of hydrazine groups is 1. The van der Waals surface area contributed by atoms with Crippen LogP contribution in [-0.2, 0) is 0 Å². The molecule has 0 unspecified atom stereocenters. The fraction of sp³-hybridized carbons (Fsp3) is 0.333. The number of nitrogens with two attached hydrogens (primary N) is 1. The minimum absolute atomic E-state index is 0.599. The number of rotatable bonds is 1. The van der Waals surface area contributed by atoms with Crippen molar-refractivity contribution < 1.29 is 0 Å². The van der Waals surface area contributed by atoms with Crippen molar-refractivity contribution in [3.8, 4) is 0 Å². The van der Waals surface area contributed by atoms with Crippen molar-refractivity contribution in [2.75, 3.05) is 5.01 Å². The lowest BCUT2D eigenvalue weighted by atomic mass is 9.91. The number of nitrogens with one attached hydrogen (secondary N) is 1. The highest BCUT2D eigenvalue weighted by atomic mass is 79.9. The molecule has 1 fully saturated rings. The van der Waals surface area contributed by atoms with Crippen molar-refractivity contribution >= 4 is 27.3 Å². The summed E-state index contributed by atoms with van der Waals surface area (Å²) in [4.78, 5) is 0. The normalized spacial score (nSPS) is 19.6. The van der Waals surface area contributed by atoms with Gasteiger partial charge in [0, 0.05) is 16.2 Å². The Balaban J connectivity index is 2.08. The van der Waals surface area contributed by atoms with Gasteiger partial charge in [-0.1, -0.05) is 12.1 Å². The van der Waals surface area contributed by atoms with Crippen LogP contribution in [0.4, 0.5) is 5.69 Å². The molecule has 1 saturated carbocycles. The fourth-order valence-electron chi connectivity index (χ4n) is 2.21. The van der Waals surface area contributed by atoms with Gasteiger partial charge in [0.25, 0.3) is 0 Å². The van der Waals surface area contributed by atoms with Crippen LogP contribution in [0.1, 0.15) is 24.8 Å². The number of hydrogen-bond acceptors (Lipinski definition) is 3. The van der Waals surface area contributed by atoms with Gasteiger partial charge in [-0.15, -0.1) is 0 Å². The lowest BCUT2D eigenvalue weighted by Crippen LogP contribution is -2.49. The second kappa shape index (κ2) is 3.70. The van der Waals surface area contributed by atoms with Crippen LogP contribution in [0, 0.1) is 0 Å². The molecular weight excluding hydrogens is 266 g/mol. The summed E-state index contributed by atoms with van der Waals surface area (Å²) in [6, 6.07) is 6.75. The van der Waals surface area contributed by atoms with E-state index in [1.165, 1.54) is 24.9 Å². The number of para-hydroxylation sites is 1. The van der Waals surface area contributed by atoms with E-state index in [0.717, 1.165) is 15.7 Å². The van der Waals surface area contributed by atoms with Crippen LogP contribution in [0.3, 0.4) is 0 Å². The Morgan fingerprint density at radius 3 is 2.88 bits per heavy atom. The van der Waals surface area contributed by atoms with E-state index in [9.17, 15) is 0 Å². The summed E-state index contributed by atoms with van der Waals surface area (Å²) in [5.41, 5.74) is 12.4. The zero-order chi connectivity index (χ0) is 11.1. The Morgan fingerprint density at radius 2 is 2.19 bits per heavy atom. The Hall–Kier alpha value is -1.16. The van der Waals surface area contributed by atoms with Crippen molar-refractivity contribution in [1.82, 2.24) is 5.43 Å². The van der Waals surface area contributed by atoms with Crippen LogP contribution in [0.2, 0.25) is 0 Å². The molecule has 0 radical (unpaired) electrons. The van der Waals surface area contributed by atoms with E-state index in [0.29, 0.717) is 6.04 Å². The van der Waals surface area contributed by atoms with Gasteiger partial charge in [0.2, 0.25) is 0 Å². The molecule has 0 spiro atoms. The third-order valence-electron chi connectivity index (χ3n) is 3.34. The van der Waals surface area contributed by atoms with Gasteiger partial charge < -0.3 is 11.2 Å². The first kappa shape index (κ1) is 10.0. The molecule has 0 atom stereocenters. The van der Waals surface area contributed by atoms with E-state index in [2.05, 4.69) is 38.5 Å². The van der Waals surface area contributed by atoms with Gasteiger partial charge in [-0.3, -0.25) is 5.01 Å². The average Bonchev–Trinajstić information content (AvgIpc) is 2.20. The predicted molar refractivity (Wildman–Crippen MR) is 69.6 cm³/mol. The lowest BCUT2D eigenvalue weighted by molar-refractivity contribution is 0.370. The van der Waals surface area contributed by atoms with Gasteiger partial charge in [-0.25, -0.2) is 0 Å². The van der Waals surface area contributed by atoms with Crippen LogP contribution >= 0.6 is 15.9 Å². The predicted octanol–water partition coefficient (Wildman–Crippen LogP) is 2.58. The molecule has 2 aliphatic rings. The molecule has 1 aromatic rings. The summed E-state index contributed by atoms with van der Waals surface area (Å²) in [5, 5.41) is 2.24. The number of anilines is 1. The molecule has 1 aliphatic heterocycles. The topological polar surface area (TPSA) is 41.3 Å². The first-order valence-electron chi connectivity index (χ1n) is 5.57. The van der Waals surface area contributed by atoms with Crippen LogP contribution in [0.25, 0.3) is 5.70 Å². The van der Waals surface area contributed by atoms with E-state index in [1.54, 1.807) is 0 Å². The molecule has 4 heteroatoms. The van der Waals surface area contributed by atoms with E-state index in [1.807, 2.05) is 12.3 Å². The van der Waals surface area contributed by atoms with Gasteiger partial charge in [0.05, 0.1) is 17.4 Å². The zero-order valence-electron chi connectivity index (χ0n) is 8.91. The smallest absolute Gasteiger partial charge is 0.0810 e. The Bertz CT molecular complexity index is 452. The fourth-order valence-corrected chi connectivity index (χ4v) is 2.76. The number of halogens is 1. The molecular formula is C12H14BrN3. The highest BCUT2D eigenvalue weighted by Gasteiger charge is 2.30. The first-order valence-corrected chi connectivity index (χ1v) is 6.36. The molecule has 0 amide bonds. The Labute approximate surface area is 103 Å². The quantitative estimate of drug-likeness (QED) is 0.830. The molecule has 0 saturated heterocycles. The third-order valence-corrected chi connectivity index (χ3v) is 3.98. The van der Waals surface area contributed by atoms with Crippen molar-refractivity contribution in [2.24, 2.45) is 5.73 Å². The van der Waals surface area contributed by atoms with E-state index >= 15 is 0 Å². The summed E-state index contributed by atoms with van der Waals surface area (Å²) >= 11 is 3.61. The zero-order valence-corrected chi connectivity index (χ0v) is 10.5. The average molecular weight is 280 g/mol.